The van der Waals surface area contributed by atoms with E-state index >= 15 is 0 Å². The SMILES string of the molecule is N=NN=Nc1ncc[nH]1. The quantitative estimate of drug-likeness (QED) is 0.453. The molecule has 6 heteroatoms. The summed E-state index contributed by atoms with van der Waals surface area (Å²) in [4.78, 5) is 6.35. The van der Waals surface area contributed by atoms with Crippen LogP contribution in [0.5, 0.6) is 0 Å². The first-order valence-corrected chi connectivity index (χ1v) is 2.20. The zero-order valence-corrected chi connectivity index (χ0v) is 4.44. The first-order chi connectivity index (χ1) is 4.43. The highest BCUT2D eigenvalue weighted by atomic mass is 15.4. The largest absolute Gasteiger partial charge is 0.328 e. The van der Waals surface area contributed by atoms with Crippen molar-refractivity contribution < 1.29 is 0 Å². The smallest absolute Gasteiger partial charge is 0.248 e. The summed E-state index contributed by atoms with van der Waals surface area (Å²) in [6.45, 7) is 0. The molecule has 0 saturated carbocycles. The first-order valence-electron chi connectivity index (χ1n) is 2.20. The van der Waals surface area contributed by atoms with Crippen molar-refractivity contribution in [3.8, 4) is 0 Å². The Kier molecular flexibility index (Phi) is 1.63. The number of nitrogens with one attached hydrogen (secondary N) is 2. The van der Waals surface area contributed by atoms with Gasteiger partial charge in [-0.15, -0.1) is 0 Å². The molecule has 46 valence electrons. The van der Waals surface area contributed by atoms with Gasteiger partial charge in [0.2, 0.25) is 5.95 Å². The molecule has 1 aromatic heterocycles. The van der Waals surface area contributed by atoms with Gasteiger partial charge in [-0.2, -0.15) is 5.53 Å². The number of hydrogen-bond acceptors (Lipinski definition) is 3. The zero-order valence-electron chi connectivity index (χ0n) is 4.44. The lowest BCUT2D eigenvalue weighted by atomic mass is 11.0. The van der Waals surface area contributed by atoms with E-state index in [1.54, 1.807) is 6.20 Å². The number of aromatic nitrogens is 2. The highest BCUT2D eigenvalue weighted by Crippen LogP contribution is 2.00. The Labute approximate surface area is 50.5 Å². The van der Waals surface area contributed by atoms with E-state index in [1.807, 2.05) is 0 Å². The number of nitrogens with zero attached hydrogens (tertiary/aromatic N) is 4. The summed E-state index contributed by atoms with van der Waals surface area (Å²) < 4.78 is 0. The van der Waals surface area contributed by atoms with Crippen molar-refractivity contribution in [1.82, 2.24) is 9.97 Å². The van der Waals surface area contributed by atoms with Gasteiger partial charge in [0.15, 0.2) is 0 Å². The molecule has 0 bridgehead atoms. The van der Waals surface area contributed by atoms with Crippen LogP contribution in [0.3, 0.4) is 0 Å². The number of aromatic amines is 1. The van der Waals surface area contributed by atoms with Crippen molar-refractivity contribution in [2.45, 2.75) is 0 Å². The molecule has 0 spiro atoms. The van der Waals surface area contributed by atoms with Crippen molar-refractivity contribution in [2.24, 2.45) is 15.6 Å². The van der Waals surface area contributed by atoms with Gasteiger partial charge in [-0.3, -0.25) is 0 Å². The molecule has 0 saturated heterocycles. The maximum Gasteiger partial charge on any atom is 0.248 e. The molecule has 1 heterocycles. The maximum atomic E-state index is 6.23. The van der Waals surface area contributed by atoms with E-state index in [0.717, 1.165) is 0 Å². The van der Waals surface area contributed by atoms with E-state index in [9.17, 15) is 0 Å². The number of imidazole rings is 1. The highest BCUT2D eigenvalue weighted by Gasteiger charge is 1.84. The van der Waals surface area contributed by atoms with Crippen LogP contribution in [-0.2, 0) is 0 Å². The van der Waals surface area contributed by atoms with Crippen LogP contribution in [0.2, 0.25) is 0 Å². The van der Waals surface area contributed by atoms with Crippen molar-refractivity contribution in [3.63, 3.8) is 0 Å². The normalized spacial score (nSPS) is 10.2. The molecule has 0 aliphatic heterocycles. The third kappa shape index (κ3) is 1.41. The standard InChI is InChI=1S/C3H4N6/c4-8-9-7-3-5-1-2-6-3/h1-2,4H,(H,5,6). The Hall–Kier alpha value is -1.59. The van der Waals surface area contributed by atoms with Crippen molar-refractivity contribution in [3.05, 3.63) is 12.4 Å². The number of H-pyrrole nitrogens is 1. The van der Waals surface area contributed by atoms with E-state index in [1.165, 1.54) is 6.20 Å². The van der Waals surface area contributed by atoms with Gasteiger partial charge in [-0.05, 0) is 10.4 Å². The van der Waals surface area contributed by atoms with Crippen LogP contribution in [-0.4, -0.2) is 9.97 Å². The van der Waals surface area contributed by atoms with Gasteiger partial charge in [0.1, 0.15) is 0 Å². The molecule has 0 aliphatic carbocycles. The van der Waals surface area contributed by atoms with Crippen LogP contribution < -0.4 is 0 Å². The maximum absolute atomic E-state index is 6.23. The lowest BCUT2D eigenvalue weighted by Crippen LogP contribution is -1.60. The Balaban J connectivity index is 2.67. The molecule has 9 heavy (non-hydrogen) atoms. The van der Waals surface area contributed by atoms with Gasteiger partial charge < -0.3 is 4.98 Å². The fourth-order valence-electron chi connectivity index (χ4n) is 0.376. The van der Waals surface area contributed by atoms with Gasteiger partial charge in [-0.25, -0.2) is 4.98 Å². The van der Waals surface area contributed by atoms with Gasteiger partial charge >= 0.3 is 0 Å². The molecule has 0 unspecified atom stereocenters. The summed E-state index contributed by atoms with van der Waals surface area (Å²) in [6, 6.07) is 0. The molecular weight excluding hydrogens is 120 g/mol. The minimum absolute atomic E-state index is 0.353. The Bertz CT molecular complexity index is 198. The zero-order chi connectivity index (χ0) is 6.53. The Morgan fingerprint density at radius 1 is 1.67 bits per heavy atom. The van der Waals surface area contributed by atoms with E-state index in [0.29, 0.717) is 5.95 Å². The molecule has 1 rings (SSSR count). The molecule has 0 fully saturated rings. The molecule has 0 amide bonds. The van der Waals surface area contributed by atoms with Gasteiger partial charge in [-0.1, -0.05) is 5.11 Å². The molecular formula is C3H4N6. The number of rotatable bonds is 2. The van der Waals surface area contributed by atoms with Crippen LogP contribution in [0.1, 0.15) is 0 Å². The Morgan fingerprint density at radius 3 is 3.11 bits per heavy atom. The van der Waals surface area contributed by atoms with E-state index in [-0.39, 0.29) is 0 Å². The summed E-state index contributed by atoms with van der Waals surface area (Å²) in [5.41, 5.74) is 6.23. The van der Waals surface area contributed by atoms with Gasteiger partial charge in [0.05, 0.1) is 0 Å². The average molecular weight is 124 g/mol. The molecule has 0 aromatic carbocycles. The van der Waals surface area contributed by atoms with Crippen molar-refractivity contribution >= 4 is 5.95 Å². The molecule has 2 N–H and O–H groups in total. The average Bonchev–Trinajstić information content (AvgIpc) is 2.34. The molecule has 0 radical (unpaired) electrons. The Morgan fingerprint density at radius 2 is 2.56 bits per heavy atom. The second-order valence-corrected chi connectivity index (χ2v) is 1.20. The summed E-state index contributed by atoms with van der Waals surface area (Å²) in [5.74, 6) is 0.353. The molecule has 0 aliphatic rings. The third-order valence-corrected chi connectivity index (χ3v) is 0.668. The van der Waals surface area contributed by atoms with Crippen molar-refractivity contribution in [1.29, 1.82) is 5.53 Å². The minimum atomic E-state index is 0.353. The summed E-state index contributed by atoms with van der Waals surface area (Å²) in [6.07, 6.45) is 3.15. The monoisotopic (exact) mass is 124 g/mol. The molecule has 1 aromatic rings. The summed E-state index contributed by atoms with van der Waals surface area (Å²) in [5, 5.41) is 9.08. The highest BCUT2D eigenvalue weighted by molar-refractivity contribution is 5.09. The first kappa shape index (κ1) is 5.54. The fraction of sp³-hybridized carbons (Fsp3) is 0. The molecule has 6 nitrogen and oxygen atoms in total. The van der Waals surface area contributed by atoms with E-state index in [4.69, 9.17) is 5.53 Å². The fourth-order valence-corrected chi connectivity index (χ4v) is 0.376. The number of hydrogen-bond donors (Lipinski definition) is 2. The van der Waals surface area contributed by atoms with Crippen LogP contribution in [0, 0.1) is 5.53 Å². The predicted octanol–water partition coefficient (Wildman–Crippen LogP) is 1.44. The lowest BCUT2D eigenvalue weighted by molar-refractivity contribution is 0.894. The third-order valence-electron chi connectivity index (χ3n) is 0.668. The van der Waals surface area contributed by atoms with E-state index < -0.39 is 0 Å². The second kappa shape index (κ2) is 2.65. The van der Waals surface area contributed by atoms with Crippen LogP contribution in [0.15, 0.2) is 28.0 Å². The van der Waals surface area contributed by atoms with Crippen LogP contribution >= 0.6 is 0 Å². The van der Waals surface area contributed by atoms with Crippen LogP contribution in [0.25, 0.3) is 0 Å². The summed E-state index contributed by atoms with van der Waals surface area (Å²) >= 11 is 0. The lowest BCUT2D eigenvalue weighted by Gasteiger charge is -1.74. The predicted molar refractivity (Wildman–Crippen MR) is 28.3 cm³/mol. The van der Waals surface area contributed by atoms with Gasteiger partial charge in [0, 0.05) is 12.4 Å². The second-order valence-electron chi connectivity index (χ2n) is 1.20. The summed E-state index contributed by atoms with van der Waals surface area (Å²) in [7, 11) is 0. The minimum Gasteiger partial charge on any atom is -0.328 e. The topological polar surface area (TPSA) is 89.6 Å². The van der Waals surface area contributed by atoms with Gasteiger partial charge in [0.25, 0.3) is 0 Å². The van der Waals surface area contributed by atoms with E-state index in [2.05, 4.69) is 25.5 Å². The van der Waals surface area contributed by atoms with Crippen LogP contribution in [0.4, 0.5) is 5.95 Å². The van der Waals surface area contributed by atoms with Crippen molar-refractivity contribution in [2.75, 3.05) is 0 Å². The molecule has 0 atom stereocenters.